The predicted molar refractivity (Wildman–Crippen MR) is 76.1 cm³/mol. The minimum absolute atomic E-state index is 0.0728. The summed E-state index contributed by atoms with van der Waals surface area (Å²) in [6.45, 7) is 3.90. The first-order chi connectivity index (χ1) is 9.94. The molecule has 0 saturated heterocycles. The highest BCUT2D eigenvalue weighted by molar-refractivity contribution is 5.95. The van der Waals surface area contributed by atoms with Gasteiger partial charge in [0.15, 0.2) is 0 Å². The number of rotatable bonds is 4. The molecule has 21 heavy (non-hydrogen) atoms. The third kappa shape index (κ3) is 3.43. The van der Waals surface area contributed by atoms with Gasteiger partial charge < -0.3 is 14.9 Å². The summed E-state index contributed by atoms with van der Waals surface area (Å²) in [5.74, 6) is -1.25. The average Bonchev–Trinajstić information content (AvgIpc) is 2.81. The van der Waals surface area contributed by atoms with Crippen LogP contribution in [-0.4, -0.2) is 27.7 Å². The normalized spacial score (nSPS) is 18.2. The lowest BCUT2D eigenvalue weighted by molar-refractivity contribution is -0.145. The fraction of sp³-hybridized carbons (Fsp3) is 0.667. The van der Waals surface area contributed by atoms with Crippen LogP contribution in [0.2, 0.25) is 0 Å². The molecule has 0 atom stereocenters. The second kappa shape index (κ2) is 6.28. The zero-order chi connectivity index (χ0) is 15.5. The van der Waals surface area contributed by atoms with Crippen LogP contribution >= 0.6 is 0 Å². The molecule has 0 unspecified atom stereocenters. The van der Waals surface area contributed by atoms with Gasteiger partial charge in [-0.1, -0.05) is 44.7 Å². The number of aromatic nitrogens is 1. The fourth-order valence-corrected chi connectivity index (χ4v) is 2.67. The van der Waals surface area contributed by atoms with Crippen LogP contribution in [0.3, 0.4) is 0 Å². The Labute approximate surface area is 123 Å². The Hall–Kier alpha value is -1.85. The van der Waals surface area contributed by atoms with E-state index in [-0.39, 0.29) is 11.7 Å². The highest BCUT2D eigenvalue weighted by Gasteiger charge is 2.40. The van der Waals surface area contributed by atoms with Crippen molar-refractivity contribution in [1.29, 1.82) is 0 Å². The summed E-state index contributed by atoms with van der Waals surface area (Å²) in [5.41, 5.74) is -0.497. The van der Waals surface area contributed by atoms with Gasteiger partial charge in [-0.05, 0) is 18.8 Å². The molecule has 1 heterocycles. The molecule has 0 aliphatic heterocycles. The molecule has 1 aromatic rings. The Morgan fingerprint density at radius 2 is 1.90 bits per heavy atom. The standard InChI is InChI=1S/C15H22N2O4/c1-10(2)11-9-12(21-17-11)13(18)16-15(14(19)20)7-5-3-4-6-8-15/h9-10H,3-8H2,1-2H3,(H,16,18)(H,19,20). The van der Waals surface area contributed by atoms with Crippen molar-refractivity contribution in [3.63, 3.8) is 0 Å². The minimum Gasteiger partial charge on any atom is -0.480 e. The molecular formula is C15H22N2O4. The SMILES string of the molecule is CC(C)c1cc(C(=O)NC2(C(=O)O)CCCCCC2)on1. The number of carboxylic acids is 1. The Morgan fingerprint density at radius 1 is 1.29 bits per heavy atom. The van der Waals surface area contributed by atoms with Gasteiger partial charge in [-0.2, -0.15) is 0 Å². The topological polar surface area (TPSA) is 92.4 Å². The Balaban J connectivity index is 2.15. The predicted octanol–water partition coefficient (Wildman–Crippen LogP) is 2.71. The Kier molecular flexibility index (Phi) is 4.65. The number of hydrogen-bond acceptors (Lipinski definition) is 4. The molecule has 6 nitrogen and oxygen atoms in total. The van der Waals surface area contributed by atoms with Crippen LogP contribution in [0.25, 0.3) is 0 Å². The number of nitrogens with one attached hydrogen (secondary N) is 1. The molecule has 2 rings (SSSR count). The number of carboxylic acid groups (broad SMARTS) is 1. The quantitative estimate of drug-likeness (QED) is 0.833. The Morgan fingerprint density at radius 3 is 2.38 bits per heavy atom. The monoisotopic (exact) mass is 294 g/mol. The van der Waals surface area contributed by atoms with Crippen molar-refractivity contribution in [3.8, 4) is 0 Å². The van der Waals surface area contributed by atoms with E-state index in [1.807, 2.05) is 13.8 Å². The zero-order valence-corrected chi connectivity index (χ0v) is 12.5. The van der Waals surface area contributed by atoms with Gasteiger partial charge in [0.2, 0.25) is 5.76 Å². The van der Waals surface area contributed by atoms with Gasteiger partial charge >= 0.3 is 5.97 Å². The third-order valence-electron chi connectivity index (χ3n) is 4.06. The highest BCUT2D eigenvalue weighted by Crippen LogP contribution is 2.28. The van der Waals surface area contributed by atoms with Crippen LogP contribution in [-0.2, 0) is 4.79 Å². The van der Waals surface area contributed by atoms with Gasteiger partial charge in [-0.3, -0.25) is 4.79 Å². The maximum Gasteiger partial charge on any atom is 0.329 e. The van der Waals surface area contributed by atoms with E-state index in [2.05, 4.69) is 10.5 Å². The summed E-state index contributed by atoms with van der Waals surface area (Å²) in [7, 11) is 0. The third-order valence-corrected chi connectivity index (χ3v) is 4.06. The molecule has 0 radical (unpaired) electrons. The first-order valence-electron chi connectivity index (χ1n) is 7.47. The van der Waals surface area contributed by atoms with Crippen LogP contribution in [0.1, 0.15) is 74.5 Å². The van der Waals surface area contributed by atoms with E-state index in [0.717, 1.165) is 25.7 Å². The molecule has 1 aromatic heterocycles. The molecule has 116 valence electrons. The summed E-state index contributed by atoms with van der Waals surface area (Å²) >= 11 is 0. The highest BCUT2D eigenvalue weighted by atomic mass is 16.5. The second-order valence-corrected chi connectivity index (χ2v) is 6.03. The lowest BCUT2D eigenvalue weighted by Gasteiger charge is -2.28. The van der Waals surface area contributed by atoms with Crippen LogP contribution in [0.4, 0.5) is 0 Å². The number of nitrogens with zero attached hydrogens (tertiary/aromatic N) is 1. The van der Waals surface area contributed by atoms with Crippen LogP contribution in [0.15, 0.2) is 10.6 Å². The molecule has 0 bridgehead atoms. The minimum atomic E-state index is -1.18. The summed E-state index contributed by atoms with van der Waals surface area (Å²) in [6.07, 6.45) is 4.54. The number of carbonyl (C=O) groups excluding carboxylic acids is 1. The zero-order valence-electron chi connectivity index (χ0n) is 12.5. The van der Waals surface area contributed by atoms with Crippen molar-refractivity contribution in [2.75, 3.05) is 0 Å². The molecule has 2 N–H and O–H groups in total. The largest absolute Gasteiger partial charge is 0.480 e. The van der Waals surface area contributed by atoms with Crippen molar-refractivity contribution < 1.29 is 19.2 Å². The van der Waals surface area contributed by atoms with Gasteiger partial charge in [-0.25, -0.2) is 4.79 Å². The first-order valence-corrected chi connectivity index (χ1v) is 7.47. The van der Waals surface area contributed by atoms with E-state index in [4.69, 9.17) is 4.52 Å². The number of carbonyl (C=O) groups is 2. The summed E-state index contributed by atoms with van der Waals surface area (Å²) in [6, 6.07) is 1.58. The molecule has 1 aliphatic rings. The van der Waals surface area contributed by atoms with E-state index in [0.29, 0.717) is 18.5 Å². The molecule has 0 spiro atoms. The van der Waals surface area contributed by atoms with Crippen LogP contribution in [0.5, 0.6) is 0 Å². The van der Waals surface area contributed by atoms with E-state index in [1.54, 1.807) is 6.07 Å². The average molecular weight is 294 g/mol. The molecule has 6 heteroatoms. The maximum atomic E-state index is 12.3. The summed E-state index contributed by atoms with van der Waals surface area (Å²) < 4.78 is 5.03. The molecule has 1 amide bonds. The summed E-state index contributed by atoms with van der Waals surface area (Å²) in [5, 5.41) is 16.0. The van der Waals surface area contributed by atoms with Gasteiger partial charge in [0, 0.05) is 6.07 Å². The lowest BCUT2D eigenvalue weighted by atomic mass is 9.90. The van der Waals surface area contributed by atoms with Gasteiger partial charge in [0.1, 0.15) is 5.54 Å². The van der Waals surface area contributed by atoms with E-state index in [1.165, 1.54) is 0 Å². The van der Waals surface area contributed by atoms with Gasteiger partial charge in [0.05, 0.1) is 5.69 Å². The lowest BCUT2D eigenvalue weighted by Crippen LogP contribution is -2.54. The molecule has 1 fully saturated rings. The van der Waals surface area contributed by atoms with Crippen molar-refractivity contribution in [2.45, 2.75) is 63.8 Å². The first kappa shape index (κ1) is 15.5. The number of aliphatic carboxylic acids is 1. The molecular weight excluding hydrogens is 272 g/mol. The number of hydrogen-bond donors (Lipinski definition) is 2. The summed E-state index contributed by atoms with van der Waals surface area (Å²) in [4.78, 5) is 23.9. The smallest absolute Gasteiger partial charge is 0.329 e. The Bertz CT molecular complexity index is 513. The van der Waals surface area contributed by atoms with Crippen molar-refractivity contribution in [1.82, 2.24) is 10.5 Å². The molecule has 1 aliphatic carbocycles. The van der Waals surface area contributed by atoms with E-state index >= 15 is 0 Å². The molecule has 1 saturated carbocycles. The van der Waals surface area contributed by atoms with Crippen LogP contribution in [0, 0.1) is 0 Å². The number of amides is 1. The van der Waals surface area contributed by atoms with Crippen molar-refractivity contribution >= 4 is 11.9 Å². The van der Waals surface area contributed by atoms with Crippen LogP contribution < -0.4 is 5.32 Å². The van der Waals surface area contributed by atoms with E-state index < -0.39 is 17.4 Å². The second-order valence-electron chi connectivity index (χ2n) is 6.03. The van der Waals surface area contributed by atoms with Gasteiger partial charge in [-0.15, -0.1) is 0 Å². The van der Waals surface area contributed by atoms with Gasteiger partial charge in [0.25, 0.3) is 5.91 Å². The fourth-order valence-electron chi connectivity index (χ4n) is 2.67. The van der Waals surface area contributed by atoms with E-state index in [9.17, 15) is 14.7 Å². The maximum absolute atomic E-state index is 12.3. The molecule has 0 aromatic carbocycles. The van der Waals surface area contributed by atoms with Crippen molar-refractivity contribution in [3.05, 3.63) is 17.5 Å². The van der Waals surface area contributed by atoms with Crippen molar-refractivity contribution in [2.24, 2.45) is 0 Å².